The number of aromatic nitrogens is 2. The second-order valence-electron chi connectivity index (χ2n) is 8.67. The molecule has 2 heterocycles. The van der Waals surface area contributed by atoms with Crippen molar-refractivity contribution in [1.82, 2.24) is 9.97 Å². The lowest BCUT2D eigenvalue weighted by Crippen LogP contribution is -2.37. The molecule has 2 nitrogen and oxygen atoms in total. The monoisotopic (exact) mass is 335 g/mol. The molecule has 3 rings (SSSR count). The average Bonchev–Trinajstić information content (AvgIpc) is 2.50. The highest BCUT2D eigenvalue weighted by Gasteiger charge is 2.36. The first-order chi connectivity index (χ1) is 11.2. The topological polar surface area (TPSA) is 25.8 Å². The van der Waals surface area contributed by atoms with Gasteiger partial charge in [-0.3, -0.25) is 9.97 Å². The van der Waals surface area contributed by atoms with Crippen molar-refractivity contribution in [3.8, 4) is 0 Å². The van der Waals surface area contributed by atoms with Crippen molar-refractivity contribution < 1.29 is 0 Å². The standard InChI is InChI=1S/C21H27N2Si/c1-20(2,3)24(21(4,5)6)14-17-12-11-16-10-9-15-8-7-13-22-18(15)19(16)23-17/h7-13H,14H2,1-6H3. The van der Waals surface area contributed by atoms with Gasteiger partial charge in [0.1, 0.15) is 0 Å². The molecule has 0 amide bonds. The quantitative estimate of drug-likeness (QED) is 0.426. The van der Waals surface area contributed by atoms with Crippen LogP contribution in [0, 0.1) is 0 Å². The Balaban J connectivity index is 2.08. The molecule has 0 spiro atoms. The number of benzene rings is 1. The fraction of sp³-hybridized carbons (Fsp3) is 0.429. The van der Waals surface area contributed by atoms with E-state index in [4.69, 9.17) is 4.98 Å². The molecule has 0 bridgehead atoms. The predicted octanol–water partition coefficient (Wildman–Crippen LogP) is 5.96. The zero-order valence-electron chi connectivity index (χ0n) is 15.6. The van der Waals surface area contributed by atoms with Crippen molar-refractivity contribution >= 4 is 30.6 Å². The minimum atomic E-state index is -0.631. The van der Waals surface area contributed by atoms with E-state index in [0.29, 0.717) is 10.1 Å². The minimum absolute atomic E-state index is 0.344. The molecule has 0 unspecified atom stereocenters. The summed E-state index contributed by atoms with van der Waals surface area (Å²) in [7, 11) is -0.631. The molecule has 125 valence electrons. The molecule has 0 atom stereocenters. The van der Waals surface area contributed by atoms with Gasteiger partial charge in [0.25, 0.3) is 0 Å². The van der Waals surface area contributed by atoms with E-state index in [9.17, 15) is 0 Å². The van der Waals surface area contributed by atoms with E-state index in [2.05, 4.69) is 76.9 Å². The van der Waals surface area contributed by atoms with Crippen molar-refractivity contribution in [2.24, 2.45) is 0 Å². The van der Waals surface area contributed by atoms with Crippen LogP contribution < -0.4 is 0 Å². The molecular formula is C21H27N2Si. The molecule has 3 aromatic rings. The summed E-state index contributed by atoms with van der Waals surface area (Å²) in [6.07, 6.45) is 1.86. The molecule has 0 saturated heterocycles. The molecule has 3 heteroatoms. The molecule has 0 fully saturated rings. The Morgan fingerprint density at radius 1 is 0.792 bits per heavy atom. The Bertz CT molecular complexity index is 858. The Kier molecular flexibility index (Phi) is 4.24. The largest absolute Gasteiger partial charge is 0.254 e. The van der Waals surface area contributed by atoms with Crippen molar-refractivity contribution in [1.29, 1.82) is 0 Å². The lowest BCUT2D eigenvalue weighted by molar-refractivity contribution is 0.635. The molecule has 2 aromatic heterocycles. The normalized spacial score (nSPS) is 13.1. The van der Waals surface area contributed by atoms with Gasteiger partial charge < -0.3 is 0 Å². The first-order valence-electron chi connectivity index (χ1n) is 8.66. The molecule has 0 aliphatic rings. The second kappa shape index (κ2) is 5.96. The second-order valence-corrected chi connectivity index (χ2v) is 13.0. The van der Waals surface area contributed by atoms with Crippen LogP contribution in [0.1, 0.15) is 47.2 Å². The van der Waals surface area contributed by atoms with Crippen LogP contribution >= 0.6 is 0 Å². The highest BCUT2D eigenvalue weighted by atomic mass is 28.3. The van der Waals surface area contributed by atoms with Crippen LogP contribution in [-0.4, -0.2) is 18.8 Å². The van der Waals surface area contributed by atoms with Gasteiger partial charge in [0.15, 0.2) is 0 Å². The number of pyridine rings is 2. The summed E-state index contributed by atoms with van der Waals surface area (Å²) in [5, 5.41) is 3.02. The number of nitrogens with zero attached hydrogens (tertiary/aromatic N) is 2. The number of fused-ring (bicyclic) bond motifs is 3. The molecular weight excluding hydrogens is 308 g/mol. The van der Waals surface area contributed by atoms with Crippen LogP contribution in [-0.2, 0) is 6.04 Å². The summed E-state index contributed by atoms with van der Waals surface area (Å²) in [5.41, 5.74) is 3.26. The van der Waals surface area contributed by atoms with Gasteiger partial charge in [-0.05, 0) is 28.3 Å². The number of hydrogen-bond acceptors (Lipinski definition) is 2. The van der Waals surface area contributed by atoms with Gasteiger partial charge in [0, 0.05) is 22.7 Å². The predicted molar refractivity (Wildman–Crippen MR) is 106 cm³/mol. The summed E-state index contributed by atoms with van der Waals surface area (Å²) < 4.78 is 0. The zero-order valence-corrected chi connectivity index (χ0v) is 16.6. The molecule has 24 heavy (non-hydrogen) atoms. The van der Waals surface area contributed by atoms with Crippen molar-refractivity contribution in [3.63, 3.8) is 0 Å². The maximum absolute atomic E-state index is 5.03. The lowest BCUT2D eigenvalue weighted by Gasteiger charge is -2.39. The lowest BCUT2D eigenvalue weighted by atomic mass is 10.1. The van der Waals surface area contributed by atoms with Gasteiger partial charge in [-0.2, -0.15) is 0 Å². The van der Waals surface area contributed by atoms with Gasteiger partial charge in [-0.25, -0.2) is 0 Å². The Morgan fingerprint density at radius 2 is 1.38 bits per heavy atom. The van der Waals surface area contributed by atoms with Gasteiger partial charge in [0.05, 0.1) is 19.8 Å². The fourth-order valence-electron chi connectivity index (χ4n) is 3.70. The molecule has 0 aliphatic heterocycles. The van der Waals surface area contributed by atoms with Crippen LogP contribution in [0.4, 0.5) is 0 Å². The highest BCUT2D eigenvalue weighted by Crippen LogP contribution is 2.43. The van der Waals surface area contributed by atoms with E-state index >= 15 is 0 Å². The smallest absolute Gasteiger partial charge is 0.0967 e. The summed E-state index contributed by atoms with van der Waals surface area (Å²) in [6.45, 7) is 14.3. The third-order valence-corrected chi connectivity index (χ3v) is 9.00. The van der Waals surface area contributed by atoms with E-state index < -0.39 is 8.80 Å². The summed E-state index contributed by atoms with van der Waals surface area (Å²) in [4.78, 5) is 9.61. The summed E-state index contributed by atoms with van der Waals surface area (Å²) >= 11 is 0. The zero-order chi connectivity index (χ0) is 17.5. The van der Waals surface area contributed by atoms with E-state index in [0.717, 1.165) is 22.5 Å². The Hall–Kier alpha value is -1.74. The fourth-order valence-corrected chi connectivity index (χ4v) is 7.57. The minimum Gasteiger partial charge on any atom is -0.254 e. The maximum atomic E-state index is 5.03. The number of hydrogen-bond donors (Lipinski definition) is 0. The van der Waals surface area contributed by atoms with E-state index in [1.54, 1.807) is 0 Å². The summed E-state index contributed by atoms with van der Waals surface area (Å²) in [5.74, 6) is 0. The Morgan fingerprint density at radius 3 is 2.00 bits per heavy atom. The third-order valence-electron chi connectivity index (χ3n) is 4.66. The molecule has 0 saturated carbocycles. The van der Waals surface area contributed by atoms with Crippen LogP contribution in [0.2, 0.25) is 10.1 Å². The molecule has 0 aliphatic carbocycles. The van der Waals surface area contributed by atoms with E-state index in [1.807, 2.05) is 12.3 Å². The third kappa shape index (κ3) is 3.36. The summed E-state index contributed by atoms with van der Waals surface area (Å²) in [6, 6.07) is 13.9. The highest BCUT2D eigenvalue weighted by molar-refractivity contribution is 6.64. The van der Waals surface area contributed by atoms with Crippen LogP contribution in [0.3, 0.4) is 0 Å². The maximum Gasteiger partial charge on any atom is 0.0967 e. The SMILES string of the molecule is CC(C)(C)[Si](Cc1ccc2ccc3cccnc3c2n1)C(C)(C)C. The number of rotatable bonds is 2. The average molecular weight is 336 g/mol. The van der Waals surface area contributed by atoms with Crippen molar-refractivity contribution in [2.45, 2.75) is 57.7 Å². The molecule has 1 aromatic carbocycles. The Labute approximate surface area is 146 Å². The molecule has 0 N–H and O–H groups in total. The van der Waals surface area contributed by atoms with Crippen molar-refractivity contribution in [3.05, 3.63) is 48.3 Å². The van der Waals surface area contributed by atoms with Gasteiger partial charge in [0.2, 0.25) is 0 Å². The van der Waals surface area contributed by atoms with Gasteiger partial charge in [-0.15, -0.1) is 0 Å². The molecule has 1 radical (unpaired) electrons. The first-order valence-corrected chi connectivity index (χ1v) is 10.4. The van der Waals surface area contributed by atoms with E-state index in [-0.39, 0.29) is 0 Å². The van der Waals surface area contributed by atoms with Crippen LogP contribution in [0.5, 0.6) is 0 Å². The van der Waals surface area contributed by atoms with E-state index in [1.165, 1.54) is 11.1 Å². The first kappa shape index (κ1) is 17.1. The van der Waals surface area contributed by atoms with Crippen LogP contribution in [0.25, 0.3) is 21.8 Å². The van der Waals surface area contributed by atoms with Crippen LogP contribution in [0.15, 0.2) is 42.6 Å². The van der Waals surface area contributed by atoms with Crippen molar-refractivity contribution in [2.75, 3.05) is 0 Å². The van der Waals surface area contributed by atoms with Gasteiger partial charge in [-0.1, -0.05) is 65.8 Å². The van der Waals surface area contributed by atoms with Gasteiger partial charge >= 0.3 is 0 Å².